The highest BCUT2D eigenvalue weighted by Crippen LogP contribution is 2.25. The van der Waals surface area contributed by atoms with Gasteiger partial charge in [-0.3, -0.25) is 0 Å². The summed E-state index contributed by atoms with van der Waals surface area (Å²) in [5, 5.41) is 0. The van der Waals surface area contributed by atoms with Gasteiger partial charge >= 0.3 is 0 Å². The molecule has 0 amide bonds. The smallest absolute Gasteiger partial charge is 0.178 e. The van der Waals surface area contributed by atoms with Crippen molar-refractivity contribution < 1.29 is 8.42 Å². The monoisotopic (exact) mass is 268 g/mol. The van der Waals surface area contributed by atoms with Gasteiger partial charge < -0.3 is 10.6 Å². The van der Waals surface area contributed by atoms with Gasteiger partial charge in [-0.1, -0.05) is 6.92 Å². The lowest BCUT2D eigenvalue weighted by molar-refractivity contribution is 0.420. The standard InChI is InChI=1S/C13H20N2O2S/c1-2-7-18(16,17)13-5-3-12(4-6-13)15-9-11(8-14)10-15/h3-6,11H,2,7-10,14H2,1H3. The highest BCUT2D eigenvalue weighted by molar-refractivity contribution is 7.91. The minimum absolute atomic E-state index is 0.214. The maximum absolute atomic E-state index is 11.9. The molecule has 1 aromatic rings. The third-order valence-corrected chi connectivity index (χ3v) is 5.26. The Bertz CT molecular complexity index is 490. The number of anilines is 1. The van der Waals surface area contributed by atoms with E-state index in [0.29, 0.717) is 17.2 Å². The zero-order valence-electron chi connectivity index (χ0n) is 10.7. The Morgan fingerprint density at radius 1 is 1.28 bits per heavy atom. The predicted molar refractivity (Wildman–Crippen MR) is 73.5 cm³/mol. The normalized spacial score (nSPS) is 16.7. The van der Waals surface area contributed by atoms with Gasteiger partial charge in [0.25, 0.3) is 0 Å². The average molecular weight is 268 g/mol. The highest BCUT2D eigenvalue weighted by Gasteiger charge is 2.25. The fourth-order valence-electron chi connectivity index (χ4n) is 2.18. The molecule has 2 rings (SSSR count). The van der Waals surface area contributed by atoms with Crippen molar-refractivity contribution in [3.63, 3.8) is 0 Å². The molecule has 100 valence electrons. The molecule has 1 heterocycles. The van der Waals surface area contributed by atoms with E-state index in [9.17, 15) is 8.42 Å². The summed E-state index contributed by atoms with van der Waals surface area (Å²) in [5.41, 5.74) is 6.66. The van der Waals surface area contributed by atoms with Gasteiger partial charge in [0.15, 0.2) is 9.84 Å². The second-order valence-electron chi connectivity index (χ2n) is 4.82. The molecule has 2 N–H and O–H groups in total. The van der Waals surface area contributed by atoms with E-state index in [2.05, 4.69) is 4.90 Å². The molecule has 0 unspecified atom stereocenters. The maximum atomic E-state index is 11.9. The van der Waals surface area contributed by atoms with Crippen LogP contribution < -0.4 is 10.6 Å². The van der Waals surface area contributed by atoms with Crippen LogP contribution in [0, 0.1) is 5.92 Å². The lowest BCUT2D eigenvalue weighted by Gasteiger charge is -2.40. The number of hydrogen-bond donors (Lipinski definition) is 1. The van der Waals surface area contributed by atoms with Crippen molar-refractivity contribution in [2.75, 3.05) is 30.3 Å². The Kier molecular flexibility index (Phi) is 3.92. The van der Waals surface area contributed by atoms with Crippen LogP contribution in [0.3, 0.4) is 0 Å². The van der Waals surface area contributed by atoms with E-state index in [-0.39, 0.29) is 5.75 Å². The van der Waals surface area contributed by atoms with Gasteiger partial charge in [0.2, 0.25) is 0 Å². The highest BCUT2D eigenvalue weighted by atomic mass is 32.2. The quantitative estimate of drug-likeness (QED) is 0.873. The molecular formula is C13H20N2O2S. The molecule has 0 aliphatic carbocycles. The van der Waals surface area contributed by atoms with Gasteiger partial charge in [0.05, 0.1) is 10.6 Å². The van der Waals surface area contributed by atoms with Crippen molar-refractivity contribution in [2.45, 2.75) is 18.2 Å². The first-order chi connectivity index (χ1) is 8.56. The molecule has 1 aromatic carbocycles. The van der Waals surface area contributed by atoms with Crippen molar-refractivity contribution in [1.29, 1.82) is 0 Å². The first kappa shape index (κ1) is 13.4. The number of rotatable bonds is 5. The van der Waals surface area contributed by atoms with Crippen LogP contribution in [0.5, 0.6) is 0 Å². The number of hydrogen-bond acceptors (Lipinski definition) is 4. The van der Waals surface area contributed by atoms with Crippen molar-refractivity contribution >= 4 is 15.5 Å². The van der Waals surface area contributed by atoms with Crippen LogP contribution in [0.2, 0.25) is 0 Å². The fraction of sp³-hybridized carbons (Fsp3) is 0.538. The largest absolute Gasteiger partial charge is 0.371 e. The average Bonchev–Trinajstić information content (AvgIpc) is 2.28. The third kappa shape index (κ3) is 2.67. The topological polar surface area (TPSA) is 63.4 Å². The van der Waals surface area contributed by atoms with E-state index in [1.165, 1.54) is 0 Å². The van der Waals surface area contributed by atoms with Crippen molar-refractivity contribution in [3.8, 4) is 0 Å². The molecule has 0 spiro atoms. The Morgan fingerprint density at radius 2 is 1.89 bits per heavy atom. The SMILES string of the molecule is CCCS(=O)(=O)c1ccc(N2CC(CN)C2)cc1. The Balaban J connectivity index is 2.07. The molecule has 5 heteroatoms. The number of nitrogens with zero attached hydrogens (tertiary/aromatic N) is 1. The molecule has 1 aliphatic heterocycles. The Labute approximate surface area is 109 Å². The maximum Gasteiger partial charge on any atom is 0.178 e. The zero-order chi connectivity index (χ0) is 13.2. The van der Waals surface area contributed by atoms with E-state index in [0.717, 1.165) is 25.3 Å². The van der Waals surface area contributed by atoms with Crippen LogP contribution >= 0.6 is 0 Å². The van der Waals surface area contributed by atoms with E-state index < -0.39 is 9.84 Å². The molecule has 18 heavy (non-hydrogen) atoms. The van der Waals surface area contributed by atoms with Gasteiger partial charge in [-0.15, -0.1) is 0 Å². The van der Waals surface area contributed by atoms with E-state index in [4.69, 9.17) is 5.73 Å². The third-order valence-electron chi connectivity index (χ3n) is 3.32. The second kappa shape index (κ2) is 5.28. The summed E-state index contributed by atoms with van der Waals surface area (Å²) in [5.74, 6) is 0.791. The molecule has 0 atom stereocenters. The van der Waals surface area contributed by atoms with Crippen LogP contribution in [-0.2, 0) is 9.84 Å². The molecule has 1 saturated heterocycles. The van der Waals surface area contributed by atoms with Crippen molar-refractivity contribution in [3.05, 3.63) is 24.3 Å². The zero-order valence-corrected chi connectivity index (χ0v) is 11.5. The Hall–Kier alpha value is -1.07. The summed E-state index contributed by atoms with van der Waals surface area (Å²) in [6.07, 6.45) is 0.647. The minimum Gasteiger partial charge on any atom is -0.371 e. The Morgan fingerprint density at radius 3 is 2.39 bits per heavy atom. The van der Waals surface area contributed by atoms with Gasteiger partial charge in [-0.05, 0) is 37.2 Å². The molecule has 0 aromatic heterocycles. The molecule has 1 fully saturated rings. The molecule has 0 saturated carbocycles. The van der Waals surface area contributed by atoms with Crippen LogP contribution in [0.1, 0.15) is 13.3 Å². The summed E-state index contributed by atoms with van der Waals surface area (Å²) in [6.45, 7) is 4.54. The van der Waals surface area contributed by atoms with E-state index >= 15 is 0 Å². The number of nitrogens with two attached hydrogens (primary N) is 1. The minimum atomic E-state index is -3.10. The molecular weight excluding hydrogens is 248 g/mol. The van der Waals surface area contributed by atoms with Crippen LogP contribution in [0.4, 0.5) is 5.69 Å². The van der Waals surface area contributed by atoms with Crippen molar-refractivity contribution in [2.24, 2.45) is 11.7 Å². The predicted octanol–water partition coefficient (Wildman–Crippen LogP) is 1.27. The number of sulfone groups is 1. The summed E-state index contributed by atoms with van der Waals surface area (Å²) in [4.78, 5) is 2.64. The van der Waals surface area contributed by atoms with Crippen LogP contribution in [-0.4, -0.2) is 33.8 Å². The van der Waals surface area contributed by atoms with E-state index in [1.54, 1.807) is 12.1 Å². The second-order valence-corrected chi connectivity index (χ2v) is 6.93. The first-order valence-corrected chi connectivity index (χ1v) is 8.00. The summed E-state index contributed by atoms with van der Waals surface area (Å²) in [7, 11) is -3.10. The first-order valence-electron chi connectivity index (χ1n) is 6.34. The summed E-state index contributed by atoms with van der Waals surface area (Å²) in [6, 6.07) is 7.18. The van der Waals surface area contributed by atoms with Gasteiger partial charge in [-0.25, -0.2) is 8.42 Å². The summed E-state index contributed by atoms with van der Waals surface area (Å²) < 4.78 is 23.7. The van der Waals surface area contributed by atoms with Crippen LogP contribution in [0.25, 0.3) is 0 Å². The lowest BCUT2D eigenvalue weighted by atomic mass is 10.00. The lowest BCUT2D eigenvalue weighted by Crippen LogP contribution is -2.49. The van der Waals surface area contributed by atoms with Crippen molar-refractivity contribution in [1.82, 2.24) is 0 Å². The van der Waals surface area contributed by atoms with Gasteiger partial charge in [0, 0.05) is 24.7 Å². The van der Waals surface area contributed by atoms with Gasteiger partial charge in [0.1, 0.15) is 0 Å². The molecule has 1 aliphatic rings. The molecule has 0 bridgehead atoms. The molecule has 0 radical (unpaired) electrons. The van der Waals surface area contributed by atoms with E-state index in [1.807, 2.05) is 19.1 Å². The van der Waals surface area contributed by atoms with Gasteiger partial charge in [-0.2, -0.15) is 0 Å². The van der Waals surface area contributed by atoms with Crippen LogP contribution in [0.15, 0.2) is 29.2 Å². The summed E-state index contributed by atoms with van der Waals surface area (Å²) >= 11 is 0. The number of benzene rings is 1. The molecule has 4 nitrogen and oxygen atoms in total. The fourth-order valence-corrected chi connectivity index (χ4v) is 3.50.